The number of imide groups is 1. The summed E-state index contributed by atoms with van der Waals surface area (Å²) in [7, 11) is 0. The lowest BCUT2D eigenvalue weighted by Gasteiger charge is -2.11. The molecule has 0 aliphatic heterocycles. The summed E-state index contributed by atoms with van der Waals surface area (Å²) in [6, 6.07) is 5.26. The molecule has 148 valence electrons. The van der Waals surface area contributed by atoms with Gasteiger partial charge in [-0.05, 0) is 37.3 Å². The van der Waals surface area contributed by atoms with Gasteiger partial charge in [0.1, 0.15) is 16.2 Å². The molecule has 2 heterocycles. The average molecular weight is 428 g/mol. The monoisotopic (exact) mass is 428 g/mol. The molecule has 1 aliphatic rings. The summed E-state index contributed by atoms with van der Waals surface area (Å²) < 4.78 is 0. The molecule has 1 N–H and O–H groups in total. The van der Waals surface area contributed by atoms with Crippen molar-refractivity contribution in [2.75, 3.05) is 5.75 Å². The highest BCUT2D eigenvalue weighted by molar-refractivity contribution is 8.00. The van der Waals surface area contributed by atoms with Gasteiger partial charge in [-0.25, -0.2) is 9.97 Å². The Kier molecular flexibility index (Phi) is 5.54. The fourth-order valence-electron chi connectivity index (χ4n) is 3.30. The minimum absolute atomic E-state index is 0.0113. The molecule has 29 heavy (non-hydrogen) atoms. The molecule has 10 heteroatoms. The molecular weight excluding hydrogens is 412 g/mol. The van der Waals surface area contributed by atoms with Crippen molar-refractivity contribution < 1.29 is 14.5 Å². The number of amides is 2. The third-order valence-electron chi connectivity index (χ3n) is 4.63. The number of aryl methyl sites for hydroxylation is 2. The second-order valence-corrected chi connectivity index (χ2v) is 8.59. The molecule has 0 saturated heterocycles. The van der Waals surface area contributed by atoms with E-state index in [-0.39, 0.29) is 17.0 Å². The lowest BCUT2D eigenvalue weighted by molar-refractivity contribution is -0.384. The van der Waals surface area contributed by atoms with Crippen molar-refractivity contribution in [1.29, 1.82) is 0 Å². The van der Waals surface area contributed by atoms with Crippen LogP contribution in [0.15, 0.2) is 35.6 Å². The number of nitrogens with one attached hydrogen (secondary N) is 1. The van der Waals surface area contributed by atoms with Crippen LogP contribution in [-0.2, 0) is 17.6 Å². The number of hydrogen-bond acceptors (Lipinski definition) is 8. The number of aromatic nitrogens is 2. The minimum Gasteiger partial charge on any atom is -0.292 e. The van der Waals surface area contributed by atoms with Crippen LogP contribution < -0.4 is 5.32 Å². The van der Waals surface area contributed by atoms with Gasteiger partial charge in [-0.2, -0.15) is 0 Å². The second kappa shape index (κ2) is 8.26. The molecule has 1 aromatic carbocycles. The van der Waals surface area contributed by atoms with Gasteiger partial charge in [0.15, 0.2) is 0 Å². The van der Waals surface area contributed by atoms with Crippen LogP contribution in [0.3, 0.4) is 0 Å². The average Bonchev–Trinajstić information content (AvgIpc) is 3.11. The molecule has 0 unspecified atom stereocenters. The summed E-state index contributed by atoms with van der Waals surface area (Å²) >= 11 is 2.95. The van der Waals surface area contributed by atoms with E-state index in [4.69, 9.17) is 0 Å². The number of hydrogen-bond donors (Lipinski definition) is 1. The maximum absolute atomic E-state index is 12.3. The van der Waals surface area contributed by atoms with E-state index in [2.05, 4.69) is 15.3 Å². The van der Waals surface area contributed by atoms with E-state index in [9.17, 15) is 19.7 Å². The van der Waals surface area contributed by atoms with Crippen molar-refractivity contribution in [3.63, 3.8) is 0 Å². The Morgan fingerprint density at radius 3 is 2.90 bits per heavy atom. The molecule has 0 saturated carbocycles. The van der Waals surface area contributed by atoms with Crippen molar-refractivity contribution in [2.24, 2.45) is 0 Å². The quantitative estimate of drug-likeness (QED) is 0.286. The summed E-state index contributed by atoms with van der Waals surface area (Å²) in [5.74, 6) is -1.14. The Bertz CT molecular complexity index is 1130. The number of nitro groups is 1. The van der Waals surface area contributed by atoms with Gasteiger partial charge >= 0.3 is 0 Å². The number of nitro benzene ring substituents is 1. The van der Waals surface area contributed by atoms with Gasteiger partial charge in [-0.1, -0.05) is 17.8 Å². The number of nitrogens with zero attached hydrogens (tertiary/aromatic N) is 3. The first-order chi connectivity index (χ1) is 14.0. The maximum Gasteiger partial charge on any atom is 0.270 e. The number of fused-ring (bicyclic) bond motifs is 3. The Hall–Kier alpha value is -2.85. The SMILES string of the molecule is O=C(CSc1ncnc2sc3c(c12)CCCC3)NC(=O)c1cccc([N+](=O)[O-])c1. The van der Waals surface area contributed by atoms with E-state index in [0.717, 1.165) is 40.6 Å². The van der Waals surface area contributed by atoms with Crippen molar-refractivity contribution in [3.05, 3.63) is 56.7 Å². The van der Waals surface area contributed by atoms with E-state index in [1.54, 1.807) is 11.3 Å². The largest absolute Gasteiger partial charge is 0.292 e. The normalized spacial score (nSPS) is 13.1. The highest BCUT2D eigenvalue weighted by Crippen LogP contribution is 2.39. The number of rotatable bonds is 5. The Morgan fingerprint density at radius 1 is 1.24 bits per heavy atom. The summed E-state index contributed by atoms with van der Waals surface area (Å²) in [5, 5.41) is 14.9. The lowest BCUT2D eigenvalue weighted by Crippen LogP contribution is -2.31. The van der Waals surface area contributed by atoms with Gasteiger partial charge in [0.25, 0.3) is 11.6 Å². The zero-order valence-corrected chi connectivity index (χ0v) is 16.8. The van der Waals surface area contributed by atoms with E-state index in [0.29, 0.717) is 0 Å². The number of benzene rings is 1. The molecule has 2 amide bonds. The fraction of sp³-hybridized carbons (Fsp3) is 0.263. The summed E-state index contributed by atoms with van der Waals surface area (Å²) in [6.07, 6.45) is 5.86. The number of non-ortho nitro benzene ring substituents is 1. The highest BCUT2D eigenvalue weighted by Gasteiger charge is 2.21. The molecular formula is C19H16N4O4S2. The Balaban J connectivity index is 1.45. The topological polar surface area (TPSA) is 115 Å². The third kappa shape index (κ3) is 4.13. The van der Waals surface area contributed by atoms with Crippen LogP contribution in [0.1, 0.15) is 33.6 Å². The first-order valence-electron chi connectivity index (χ1n) is 8.99. The second-order valence-electron chi connectivity index (χ2n) is 6.54. The van der Waals surface area contributed by atoms with Crippen LogP contribution in [-0.4, -0.2) is 32.5 Å². The standard InChI is InChI=1S/C19H16N4O4S2/c24-15(22-17(25)11-4-3-5-12(8-11)23(26)27)9-28-18-16-13-6-1-2-7-14(13)29-19(16)21-10-20-18/h3-5,8,10H,1-2,6-7,9H2,(H,22,24,25). The van der Waals surface area contributed by atoms with Crippen molar-refractivity contribution in [2.45, 2.75) is 30.7 Å². The number of thiophene rings is 1. The maximum atomic E-state index is 12.3. The molecule has 4 rings (SSSR count). The molecule has 1 aliphatic carbocycles. The molecule has 2 aromatic heterocycles. The zero-order valence-electron chi connectivity index (χ0n) is 15.2. The molecule has 0 atom stereocenters. The van der Waals surface area contributed by atoms with Crippen LogP contribution >= 0.6 is 23.1 Å². The lowest BCUT2D eigenvalue weighted by atomic mass is 9.97. The van der Waals surface area contributed by atoms with Crippen LogP contribution in [0.4, 0.5) is 5.69 Å². The van der Waals surface area contributed by atoms with E-state index >= 15 is 0 Å². The van der Waals surface area contributed by atoms with Gasteiger partial charge in [-0.3, -0.25) is 25.0 Å². The van der Waals surface area contributed by atoms with Crippen LogP contribution in [0.2, 0.25) is 0 Å². The smallest absolute Gasteiger partial charge is 0.270 e. The third-order valence-corrected chi connectivity index (χ3v) is 6.82. The van der Waals surface area contributed by atoms with Gasteiger partial charge in [-0.15, -0.1) is 11.3 Å². The molecule has 3 aromatic rings. The van der Waals surface area contributed by atoms with E-state index in [1.165, 1.54) is 53.1 Å². The van der Waals surface area contributed by atoms with Crippen molar-refractivity contribution in [1.82, 2.24) is 15.3 Å². The van der Waals surface area contributed by atoms with Crippen LogP contribution in [0, 0.1) is 10.1 Å². The van der Waals surface area contributed by atoms with Crippen molar-refractivity contribution >= 4 is 50.8 Å². The Morgan fingerprint density at radius 2 is 2.07 bits per heavy atom. The molecule has 8 nitrogen and oxygen atoms in total. The number of thioether (sulfide) groups is 1. The van der Waals surface area contributed by atoms with Gasteiger partial charge in [0, 0.05) is 28.0 Å². The van der Waals surface area contributed by atoms with Gasteiger partial charge < -0.3 is 0 Å². The number of carbonyl (C=O) groups is 2. The van der Waals surface area contributed by atoms with Crippen LogP contribution in [0.25, 0.3) is 10.2 Å². The zero-order chi connectivity index (χ0) is 20.4. The van der Waals surface area contributed by atoms with Gasteiger partial charge in [0.2, 0.25) is 5.91 Å². The number of carbonyl (C=O) groups excluding carboxylic acids is 2. The molecule has 0 fully saturated rings. The fourth-order valence-corrected chi connectivity index (χ4v) is 5.42. The predicted molar refractivity (Wildman–Crippen MR) is 110 cm³/mol. The predicted octanol–water partition coefficient (Wildman–Crippen LogP) is 3.53. The highest BCUT2D eigenvalue weighted by atomic mass is 32.2. The first kappa shape index (κ1) is 19.5. The summed E-state index contributed by atoms with van der Waals surface area (Å²) in [6.45, 7) is 0. The Labute approximate surface area is 173 Å². The van der Waals surface area contributed by atoms with Crippen molar-refractivity contribution in [3.8, 4) is 0 Å². The minimum atomic E-state index is -0.667. The van der Waals surface area contributed by atoms with E-state index < -0.39 is 16.7 Å². The van der Waals surface area contributed by atoms with Gasteiger partial charge in [0.05, 0.1) is 10.7 Å². The van der Waals surface area contributed by atoms with E-state index in [1.807, 2.05) is 0 Å². The van der Waals surface area contributed by atoms with Crippen LogP contribution in [0.5, 0.6) is 0 Å². The summed E-state index contributed by atoms with van der Waals surface area (Å²) in [4.78, 5) is 45.7. The molecule has 0 spiro atoms. The summed E-state index contributed by atoms with van der Waals surface area (Å²) in [5.41, 5.74) is 1.14. The molecule has 0 radical (unpaired) electrons. The first-order valence-corrected chi connectivity index (χ1v) is 10.8. The molecule has 0 bridgehead atoms.